The van der Waals surface area contributed by atoms with Crippen LogP contribution in [0.25, 0.3) is 23.0 Å². The van der Waals surface area contributed by atoms with E-state index >= 15 is 0 Å². The Kier molecular flexibility index (Phi) is 8.16. The van der Waals surface area contributed by atoms with Gasteiger partial charge in [-0.2, -0.15) is 5.10 Å². The zero-order chi connectivity index (χ0) is 23.9. The van der Waals surface area contributed by atoms with Gasteiger partial charge in [0.05, 0.1) is 36.0 Å². The van der Waals surface area contributed by atoms with Gasteiger partial charge < -0.3 is 9.47 Å². The zero-order valence-corrected chi connectivity index (χ0v) is 20.9. The highest BCUT2D eigenvalue weighted by atomic mass is 32.2. The standard InChI is InChI=1S/C26H27N3O3S2/c1-3-4-15-32-22-12-10-19(11-13-22)24-20(18-29(27-24)21-8-6-5-7-9-21)17-23-25(30)28(14-16-31-2)26(33)34-23/h5-13,17-18H,3-4,14-16H2,1-2H3/b23-17-. The lowest BCUT2D eigenvalue weighted by Crippen LogP contribution is -2.31. The van der Waals surface area contributed by atoms with E-state index in [2.05, 4.69) is 6.92 Å². The normalized spacial score (nSPS) is 14.9. The van der Waals surface area contributed by atoms with Gasteiger partial charge in [-0.05, 0) is 48.9 Å². The minimum atomic E-state index is -0.106. The Bertz CT molecular complexity index is 1170. The summed E-state index contributed by atoms with van der Waals surface area (Å²) in [5, 5.41) is 4.85. The number of nitrogens with zero attached hydrogens (tertiary/aromatic N) is 3. The first-order chi connectivity index (χ1) is 16.6. The van der Waals surface area contributed by atoms with Gasteiger partial charge in [-0.3, -0.25) is 9.69 Å². The second-order valence-corrected chi connectivity index (χ2v) is 9.44. The molecule has 1 fully saturated rings. The lowest BCUT2D eigenvalue weighted by atomic mass is 10.1. The number of aromatic nitrogens is 2. The molecular formula is C26H27N3O3S2. The van der Waals surface area contributed by atoms with Crippen molar-refractivity contribution in [2.75, 3.05) is 26.9 Å². The third-order valence-electron chi connectivity index (χ3n) is 5.34. The summed E-state index contributed by atoms with van der Waals surface area (Å²) in [6, 6.07) is 17.8. The number of methoxy groups -OCH3 is 1. The molecule has 1 aliphatic rings. The van der Waals surface area contributed by atoms with Crippen molar-refractivity contribution in [3.8, 4) is 22.7 Å². The predicted octanol–water partition coefficient (Wildman–Crippen LogP) is 5.57. The number of amides is 1. The average molecular weight is 494 g/mol. The molecule has 0 radical (unpaired) electrons. The van der Waals surface area contributed by atoms with Crippen LogP contribution in [0.4, 0.5) is 0 Å². The van der Waals surface area contributed by atoms with Crippen molar-refractivity contribution in [3.63, 3.8) is 0 Å². The molecule has 1 saturated heterocycles. The molecular weight excluding hydrogens is 466 g/mol. The molecule has 0 atom stereocenters. The SMILES string of the molecule is CCCCOc1ccc(-c2nn(-c3ccccc3)cc2/C=C2\SC(=S)N(CCOC)C2=O)cc1. The maximum absolute atomic E-state index is 13.0. The van der Waals surface area contributed by atoms with Crippen LogP contribution in [0.2, 0.25) is 0 Å². The lowest BCUT2D eigenvalue weighted by molar-refractivity contribution is -0.122. The maximum Gasteiger partial charge on any atom is 0.266 e. The maximum atomic E-state index is 13.0. The van der Waals surface area contributed by atoms with Crippen molar-refractivity contribution >= 4 is 40.3 Å². The largest absolute Gasteiger partial charge is 0.494 e. The number of hydrogen-bond donors (Lipinski definition) is 0. The van der Waals surface area contributed by atoms with Gasteiger partial charge in [0.15, 0.2) is 0 Å². The molecule has 34 heavy (non-hydrogen) atoms. The molecule has 2 aromatic carbocycles. The molecule has 1 aromatic heterocycles. The van der Waals surface area contributed by atoms with E-state index in [0.29, 0.717) is 29.0 Å². The quantitative estimate of drug-likeness (QED) is 0.209. The average Bonchev–Trinajstić information content (AvgIpc) is 3.39. The van der Waals surface area contributed by atoms with E-state index in [1.807, 2.05) is 71.6 Å². The molecule has 3 aromatic rings. The Hall–Kier alpha value is -2.94. The van der Waals surface area contributed by atoms with Crippen LogP contribution < -0.4 is 4.74 Å². The van der Waals surface area contributed by atoms with Crippen molar-refractivity contribution < 1.29 is 14.3 Å². The molecule has 1 amide bonds. The first-order valence-corrected chi connectivity index (χ1v) is 12.5. The van der Waals surface area contributed by atoms with Gasteiger partial charge in [-0.15, -0.1) is 0 Å². The van der Waals surface area contributed by atoms with Gasteiger partial charge in [-0.25, -0.2) is 4.68 Å². The Morgan fingerprint density at radius 3 is 2.56 bits per heavy atom. The van der Waals surface area contributed by atoms with Gasteiger partial charge >= 0.3 is 0 Å². The van der Waals surface area contributed by atoms with E-state index in [1.165, 1.54) is 11.8 Å². The second-order valence-electron chi connectivity index (χ2n) is 7.77. The van der Waals surface area contributed by atoms with E-state index < -0.39 is 0 Å². The summed E-state index contributed by atoms with van der Waals surface area (Å²) in [6.07, 6.45) is 5.93. The molecule has 4 rings (SSSR count). The van der Waals surface area contributed by atoms with Crippen molar-refractivity contribution in [2.24, 2.45) is 0 Å². The number of carbonyl (C=O) groups is 1. The fourth-order valence-electron chi connectivity index (χ4n) is 3.49. The summed E-state index contributed by atoms with van der Waals surface area (Å²) >= 11 is 6.73. The smallest absolute Gasteiger partial charge is 0.266 e. The molecule has 0 N–H and O–H groups in total. The van der Waals surface area contributed by atoms with Gasteiger partial charge in [0.25, 0.3) is 5.91 Å². The summed E-state index contributed by atoms with van der Waals surface area (Å²) in [7, 11) is 1.61. The highest BCUT2D eigenvalue weighted by molar-refractivity contribution is 8.26. The Morgan fingerprint density at radius 1 is 1.09 bits per heavy atom. The van der Waals surface area contributed by atoms with Gasteiger partial charge in [0.2, 0.25) is 0 Å². The number of para-hydroxylation sites is 1. The van der Waals surface area contributed by atoms with E-state index in [1.54, 1.807) is 12.0 Å². The number of benzene rings is 2. The number of carbonyl (C=O) groups excluding carboxylic acids is 1. The molecule has 2 heterocycles. The van der Waals surface area contributed by atoms with Crippen LogP contribution in [0, 0.1) is 0 Å². The zero-order valence-electron chi connectivity index (χ0n) is 19.3. The summed E-state index contributed by atoms with van der Waals surface area (Å²) < 4.78 is 13.3. The third kappa shape index (κ3) is 5.58. The molecule has 176 valence electrons. The van der Waals surface area contributed by atoms with Crippen LogP contribution in [0.5, 0.6) is 5.75 Å². The Balaban J connectivity index is 1.68. The molecule has 0 aliphatic carbocycles. The Morgan fingerprint density at radius 2 is 1.85 bits per heavy atom. The number of thiocarbonyl (C=S) groups is 1. The van der Waals surface area contributed by atoms with Crippen molar-refractivity contribution in [1.82, 2.24) is 14.7 Å². The van der Waals surface area contributed by atoms with Crippen molar-refractivity contribution in [2.45, 2.75) is 19.8 Å². The number of ether oxygens (including phenoxy) is 2. The van der Waals surface area contributed by atoms with Crippen LogP contribution >= 0.6 is 24.0 Å². The number of rotatable bonds is 10. The first-order valence-electron chi connectivity index (χ1n) is 11.2. The molecule has 0 saturated carbocycles. The molecule has 0 bridgehead atoms. The van der Waals surface area contributed by atoms with Crippen molar-refractivity contribution in [3.05, 3.63) is 71.3 Å². The van der Waals surface area contributed by atoms with Crippen LogP contribution in [-0.4, -0.2) is 51.8 Å². The number of unbranched alkanes of at least 4 members (excludes halogenated alkanes) is 1. The predicted molar refractivity (Wildman–Crippen MR) is 141 cm³/mol. The highest BCUT2D eigenvalue weighted by Gasteiger charge is 2.32. The highest BCUT2D eigenvalue weighted by Crippen LogP contribution is 2.35. The van der Waals surface area contributed by atoms with Gasteiger partial charge in [-0.1, -0.05) is 55.5 Å². The fraction of sp³-hybridized carbons (Fsp3) is 0.269. The third-order valence-corrected chi connectivity index (χ3v) is 6.71. The Labute approximate surface area is 209 Å². The lowest BCUT2D eigenvalue weighted by Gasteiger charge is -2.12. The van der Waals surface area contributed by atoms with Gasteiger partial charge in [0, 0.05) is 24.4 Å². The fourth-order valence-corrected chi connectivity index (χ4v) is 4.79. The minimum Gasteiger partial charge on any atom is -0.494 e. The summed E-state index contributed by atoms with van der Waals surface area (Å²) in [4.78, 5) is 15.1. The van der Waals surface area contributed by atoms with E-state index in [9.17, 15) is 4.79 Å². The van der Waals surface area contributed by atoms with E-state index in [0.717, 1.165) is 41.1 Å². The van der Waals surface area contributed by atoms with Crippen LogP contribution in [-0.2, 0) is 9.53 Å². The van der Waals surface area contributed by atoms with Crippen molar-refractivity contribution in [1.29, 1.82) is 0 Å². The van der Waals surface area contributed by atoms with E-state index in [-0.39, 0.29) is 5.91 Å². The summed E-state index contributed by atoms with van der Waals surface area (Å²) in [6.45, 7) is 3.72. The summed E-state index contributed by atoms with van der Waals surface area (Å²) in [5.74, 6) is 0.727. The minimum absolute atomic E-state index is 0.106. The molecule has 0 spiro atoms. The molecule has 8 heteroatoms. The second kappa shape index (κ2) is 11.5. The number of hydrogen-bond acceptors (Lipinski definition) is 6. The summed E-state index contributed by atoms with van der Waals surface area (Å²) in [5.41, 5.74) is 3.51. The first kappa shape index (κ1) is 24.2. The molecule has 1 aliphatic heterocycles. The molecule has 6 nitrogen and oxygen atoms in total. The monoisotopic (exact) mass is 493 g/mol. The van der Waals surface area contributed by atoms with Crippen LogP contribution in [0.3, 0.4) is 0 Å². The molecule has 0 unspecified atom stereocenters. The topological polar surface area (TPSA) is 56.6 Å². The van der Waals surface area contributed by atoms with Crippen LogP contribution in [0.15, 0.2) is 65.7 Å². The van der Waals surface area contributed by atoms with E-state index in [4.69, 9.17) is 26.8 Å². The number of thioether (sulfide) groups is 1. The van der Waals surface area contributed by atoms with Crippen LogP contribution in [0.1, 0.15) is 25.3 Å². The van der Waals surface area contributed by atoms with Gasteiger partial charge in [0.1, 0.15) is 10.1 Å².